The highest BCUT2D eigenvalue weighted by molar-refractivity contribution is 5.22. The van der Waals surface area contributed by atoms with Gasteiger partial charge in [-0.3, -0.25) is 14.8 Å². The number of rotatable bonds is 4. The van der Waals surface area contributed by atoms with Crippen molar-refractivity contribution in [3.8, 4) is 0 Å². The molecule has 0 fully saturated rings. The van der Waals surface area contributed by atoms with Crippen molar-refractivity contribution >= 4 is 0 Å². The standard InChI is InChI=1S/C18H20N4O2/c1-13-9-15(20-24-13)11-21-8-7-16-17(12-21)19-22(18(16)23)10-14-5-3-2-4-6-14/h2-6,9,19H,7-8,10-12H2,1H3. The lowest BCUT2D eigenvalue weighted by Gasteiger charge is -2.24. The molecule has 1 N–H and O–H groups in total. The van der Waals surface area contributed by atoms with Gasteiger partial charge in [0.05, 0.1) is 17.9 Å². The van der Waals surface area contributed by atoms with Gasteiger partial charge < -0.3 is 4.52 Å². The Balaban J connectivity index is 1.52. The Hall–Kier alpha value is -2.60. The van der Waals surface area contributed by atoms with Crippen LogP contribution in [-0.4, -0.2) is 26.4 Å². The maximum atomic E-state index is 12.6. The minimum atomic E-state index is 0.103. The number of hydrogen-bond acceptors (Lipinski definition) is 4. The molecule has 1 aliphatic heterocycles. The Morgan fingerprint density at radius 3 is 2.83 bits per heavy atom. The first kappa shape index (κ1) is 15.0. The van der Waals surface area contributed by atoms with Crippen LogP contribution in [0.4, 0.5) is 0 Å². The van der Waals surface area contributed by atoms with E-state index >= 15 is 0 Å². The quantitative estimate of drug-likeness (QED) is 0.798. The smallest absolute Gasteiger partial charge is 0.270 e. The summed E-state index contributed by atoms with van der Waals surface area (Å²) in [5.74, 6) is 0.824. The van der Waals surface area contributed by atoms with E-state index in [0.29, 0.717) is 6.54 Å². The number of nitrogens with zero attached hydrogens (tertiary/aromatic N) is 3. The fourth-order valence-electron chi connectivity index (χ4n) is 3.27. The molecule has 1 aromatic carbocycles. The van der Waals surface area contributed by atoms with Crippen LogP contribution in [0.2, 0.25) is 0 Å². The predicted molar refractivity (Wildman–Crippen MR) is 89.7 cm³/mol. The highest BCUT2D eigenvalue weighted by Gasteiger charge is 2.23. The van der Waals surface area contributed by atoms with Crippen molar-refractivity contribution in [3.63, 3.8) is 0 Å². The van der Waals surface area contributed by atoms with Crippen LogP contribution < -0.4 is 5.56 Å². The fourth-order valence-corrected chi connectivity index (χ4v) is 3.27. The maximum absolute atomic E-state index is 12.6. The Labute approximate surface area is 139 Å². The first-order valence-corrected chi connectivity index (χ1v) is 8.18. The van der Waals surface area contributed by atoms with E-state index in [1.807, 2.05) is 43.3 Å². The van der Waals surface area contributed by atoms with Crippen molar-refractivity contribution in [2.24, 2.45) is 0 Å². The van der Waals surface area contributed by atoms with Crippen LogP contribution in [0, 0.1) is 6.92 Å². The number of aromatic nitrogens is 3. The molecule has 4 rings (SSSR count). The van der Waals surface area contributed by atoms with Crippen LogP contribution in [0.3, 0.4) is 0 Å². The van der Waals surface area contributed by atoms with Gasteiger partial charge in [-0.25, -0.2) is 4.68 Å². The number of aromatic amines is 1. The number of fused-ring (bicyclic) bond motifs is 1. The lowest BCUT2D eigenvalue weighted by atomic mass is 10.1. The second-order valence-corrected chi connectivity index (χ2v) is 6.34. The molecule has 0 unspecified atom stereocenters. The van der Waals surface area contributed by atoms with E-state index in [-0.39, 0.29) is 5.56 Å². The van der Waals surface area contributed by atoms with Gasteiger partial charge in [0.2, 0.25) is 0 Å². The Bertz CT molecular complexity index is 891. The van der Waals surface area contributed by atoms with Crippen LogP contribution in [0.25, 0.3) is 0 Å². The van der Waals surface area contributed by atoms with E-state index in [1.165, 1.54) is 0 Å². The second-order valence-electron chi connectivity index (χ2n) is 6.34. The molecule has 0 atom stereocenters. The monoisotopic (exact) mass is 324 g/mol. The highest BCUT2D eigenvalue weighted by Crippen LogP contribution is 2.17. The average Bonchev–Trinajstić information content (AvgIpc) is 3.12. The summed E-state index contributed by atoms with van der Waals surface area (Å²) in [5.41, 5.74) is 4.09. The summed E-state index contributed by atoms with van der Waals surface area (Å²) in [4.78, 5) is 14.9. The molecule has 0 aliphatic carbocycles. The van der Waals surface area contributed by atoms with Crippen molar-refractivity contribution in [1.82, 2.24) is 19.8 Å². The number of H-pyrrole nitrogens is 1. The van der Waals surface area contributed by atoms with Gasteiger partial charge in [-0.05, 0) is 18.9 Å². The average molecular weight is 324 g/mol. The Morgan fingerprint density at radius 1 is 1.25 bits per heavy atom. The van der Waals surface area contributed by atoms with E-state index < -0.39 is 0 Å². The Kier molecular flexibility index (Phi) is 3.82. The summed E-state index contributed by atoms with van der Waals surface area (Å²) in [5, 5.41) is 7.34. The second kappa shape index (κ2) is 6.13. The third kappa shape index (κ3) is 2.92. The predicted octanol–water partition coefficient (Wildman–Crippen LogP) is 2.08. The van der Waals surface area contributed by atoms with Crippen LogP contribution in [0.15, 0.2) is 45.7 Å². The molecule has 0 bridgehead atoms. The van der Waals surface area contributed by atoms with Crippen molar-refractivity contribution in [3.05, 3.63) is 75.0 Å². The molecule has 0 radical (unpaired) electrons. The van der Waals surface area contributed by atoms with Gasteiger partial charge in [0, 0.05) is 31.3 Å². The first-order chi connectivity index (χ1) is 11.7. The first-order valence-electron chi connectivity index (χ1n) is 8.18. The van der Waals surface area contributed by atoms with E-state index in [9.17, 15) is 4.79 Å². The van der Waals surface area contributed by atoms with E-state index in [1.54, 1.807) is 4.68 Å². The molecule has 0 saturated heterocycles. The molecule has 3 aromatic rings. The summed E-state index contributed by atoms with van der Waals surface area (Å²) in [7, 11) is 0. The Morgan fingerprint density at radius 2 is 2.08 bits per heavy atom. The minimum absolute atomic E-state index is 0.103. The van der Waals surface area contributed by atoms with Crippen LogP contribution >= 0.6 is 0 Å². The molecule has 3 heterocycles. The SMILES string of the molecule is Cc1cc(CN2CCc3c([nH]n(Cc4ccccc4)c3=O)C2)no1. The number of hydrogen-bond donors (Lipinski definition) is 1. The topological polar surface area (TPSA) is 67.1 Å². The summed E-state index contributed by atoms with van der Waals surface area (Å²) >= 11 is 0. The number of aryl methyl sites for hydroxylation is 1. The van der Waals surface area contributed by atoms with Gasteiger partial charge in [-0.2, -0.15) is 0 Å². The van der Waals surface area contributed by atoms with Crippen molar-refractivity contribution in [2.45, 2.75) is 33.0 Å². The van der Waals surface area contributed by atoms with Gasteiger partial charge in [-0.15, -0.1) is 0 Å². The van der Waals surface area contributed by atoms with E-state index in [2.05, 4.69) is 15.2 Å². The van der Waals surface area contributed by atoms with Gasteiger partial charge in [0.15, 0.2) is 0 Å². The molecule has 0 saturated carbocycles. The van der Waals surface area contributed by atoms with Crippen molar-refractivity contribution in [1.29, 1.82) is 0 Å². The van der Waals surface area contributed by atoms with Crippen LogP contribution in [-0.2, 0) is 26.1 Å². The summed E-state index contributed by atoms with van der Waals surface area (Å²) < 4.78 is 6.84. The van der Waals surface area contributed by atoms with Crippen molar-refractivity contribution in [2.75, 3.05) is 6.54 Å². The molecule has 124 valence electrons. The zero-order valence-electron chi connectivity index (χ0n) is 13.7. The molecule has 0 amide bonds. The zero-order valence-corrected chi connectivity index (χ0v) is 13.7. The van der Waals surface area contributed by atoms with E-state index in [4.69, 9.17) is 4.52 Å². The third-order valence-electron chi connectivity index (χ3n) is 4.44. The summed E-state index contributed by atoms with van der Waals surface area (Å²) in [6.45, 7) is 4.80. The molecule has 24 heavy (non-hydrogen) atoms. The minimum Gasteiger partial charge on any atom is -0.361 e. The highest BCUT2D eigenvalue weighted by atomic mass is 16.5. The normalized spacial score (nSPS) is 14.7. The molecule has 6 heteroatoms. The molecule has 6 nitrogen and oxygen atoms in total. The number of benzene rings is 1. The van der Waals surface area contributed by atoms with Gasteiger partial charge in [-0.1, -0.05) is 35.5 Å². The maximum Gasteiger partial charge on any atom is 0.270 e. The zero-order chi connectivity index (χ0) is 16.5. The van der Waals surface area contributed by atoms with Crippen LogP contribution in [0.5, 0.6) is 0 Å². The summed E-state index contributed by atoms with van der Waals surface area (Å²) in [6, 6.07) is 12.0. The van der Waals surface area contributed by atoms with Crippen LogP contribution in [0.1, 0.15) is 28.3 Å². The lowest BCUT2D eigenvalue weighted by Crippen LogP contribution is -2.31. The summed E-state index contributed by atoms with van der Waals surface area (Å²) in [6.07, 6.45) is 0.767. The number of nitrogens with one attached hydrogen (secondary N) is 1. The fraction of sp³-hybridized carbons (Fsp3) is 0.333. The largest absolute Gasteiger partial charge is 0.361 e. The molecular weight excluding hydrogens is 304 g/mol. The molecule has 1 aliphatic rings. The molecular formula is C18H20N4O2. The molecule has 2 aromatic heterocycles. The van der Waals surface area contributed by atoms with Gasteiger partial charge >= 0.3 is 0 Å². The van der Waals surface area contributed by atoms with Gasteiger partial charge in [0.25, 0.3) is 5.56 Å². The van der Waals surface area contributed by atoms with Crippen molar-refractivity contribution < 1.29 is 4.52 Å². The lowest BCUT2D eigenvalue weighted by molar-refractivity contribution is 0.234. The van der Waals surface area contributed by atoms with Gasteiger partial charge in [0.1, 0.15) is 5.76 Å². The molecule has 0 spiro atoms. The third-order valence-corrected chi connectivity index (χ3v) is 4.44. The van der Waals surface area contributed by atoms with E-state index in [0.717, 1.165) is 54.3 Å².